The highest BCUT2D eigenvalue weighted by molar-refractivity contribution is 7.92. The van der Waals surface area contributed by atoms with Crippen molar-refractivity contribution in [2.24, 2.45) is 0 Å². The molecule has 1 N–H and O–H groups in total. The molecule has 1 fully saturated rings. The second-order valence-electron chi connectivity index (χ2n) is 6.93. The van der Waals surface area contributed by atoms with E-state index in [4.69, 9.17) is 4.74 Å². The molecule has 2 rings (SSSR count). The van der Waals surface area contributed by atoms with Crippen LogP contribution in [0.4, 0.5) is 5.69 Å². The first kappa shape index (κ1) is 21.5. The molecule has 27 heavy (non-hydrogen) atoms. The number of likely N-dealkylation sites (tertiary alicyclic amines) is 1. The Hall–Kier alpha value is -1.80. The van der Waals surface area contributed by atoms with Gasteiger partial charge in [0, 0.05) is 13.6 Å². The fourth-order valence-corrected chi connectivity index (χ4v) is 3.55. The zero-order valence-corrected chi connectivity index (χ0v) is 17.3. The third kappa shape index (κ3) is 6.70. The van der Waals surface area contributed by atoms with E-state index in [0.717, 1.165) is 19.2 Å². The van der Waals surface area contributed by atoms with Gasteiger partial charge in [-0.15, -0.1) is 0 Å². The van der Waals surface area contributed by atoms with Gasteiger partial charge in [-0.3, -0.25) is 9.10 Å². The van der Waals surface area contributed by atoms with E-state index in [1.165, 1.54) is 37.3 Å². The third-order valence-electron chi connectivity index (χ3n) is 4.79. The van der Waals surface area contributed by atoms with Crippen molar-refractivity contribution >= 4 is 21.6 Å². The van der Waals surface area contributed by atoms with Crippen LogP contribution < -0.4 is 14.4 Å². The normalized spacial score (nSPS) is 16.1. The average molecular weight is 398 g/mol. The molecule has 1 heterocycles. The summed E-state index contributed by atoms with van der Waals surface area (Å²) in [6.45, 7) is 5.90. The second kappa shape index (κ2) is 9.94. The number of hydrogen-bond donors (Lipinski definition) is 1. The molecule has 1 aromatic carbocycles. The maximum absolute atomic E-state index is 12.3. The van der Waals surface area contributed by atoms with Gasteiger partial charge >= 0.3 is 0 Å². The highest BCUT2D eigenvalue weighted by Gasteiger charge is 2.19. The van der Waals surface area contributed by atoms with Crippen molar-refractivity contribution in [1.29, 1.82) is 0 Å². The van der Waals surface area contributed by atoms with Gasteiger partial charge in [0.25, 0.3) is 5.91 Å². The Morgan fingerprint density at radius 3 is 2.44 bits per heavy atom. The lowest BCUT2D eigenvalue weighted by Gasteiger charge is -2.20. The lowest BCUT2D eigenvalue weighted by molar-refractivity contribution is -0.128. The fraction of sp³-hybridized carbons (Fsp3) is 0.632. The van der Waals surface area contributed by atoms with Gasteiger partial charge in [0.2, 0.25) is 10.0 Å². The first-order valence-electron chi connectivity index (χ1n) is 9.52. The highest BCUT2D eigenvalue weighted by Crippen LogP contribution is 2.21. The van der Waals surface area contributed by atoms with Crippen LogP contribution in [0.5, 0.6) is 5.75 Å². The summed E-state index contributed by atoms with van der Waals surface area (Å²) in [5.41, 5.74) is 0.546. The summed E-state index contributed by atoms with van der Waals surface area (Å²) in [6.07, 6.45) is 4.64. The molecule has 7 nitrogen and oxygen atoms in total. The van der Waals surface area contributed by atoms with Gasteiger partial charge in [0.05, 0.1) is 11.9 Å². The number of ether oxygens (including phenoxy) is 1. The predicted octanol–water partition coefficient (Wildman–Crippen LogP) is 1.84. The summed E-state index contributed by atoms with van der Waals surface area (Å²) in [5, 5.41) is 2.95. The first-order chi connectivity index (χ1) is 12.8. The molecule has 0 bridgehead atoms. The second-order valence-corrected chi connectivity index (χ2v) is 8.95. The van der Waals surface area contributed by atoms with Crippen LogP contribution in [0.3, 0.4) is 0 Å². The molecule has 0 aliphatic carbocycles. The van der Waals surface area contributed by atoms with Crippen molar-refractivity contribution in [2.75, 3.05) is 43.8 Å². The minimum atomic E-state index is -3.30. The standard InChI is InChI=1S/C19H31N3O4S/c1-4-18(19(23)20-12-7-15-22-13-5-6-14-22)26-17-10-8-16(9-11-17)21(2)27(3,24)25/h8-11,18H,4-7,12-15H2,1-3H3,(H,20,23)/t18-/m1/s1. The molecular weight excluding hydrogens is 366 g/mol. The number of hydrogen-bond acceptors (Lipinski definition) is 5. The SMILES string of the molecule is CC[C@@H](Oc1ccc(N(C)S(C)(=O)=O)cc1)C(=O)NCCCN1CCCC1. The Kier molecular flexibility index (Phi) is 7.91. The molecule has 0 unspecified atom stereocenters. The smallest absolute Gasteiger partial charge is 0.261 e. The molecule has 1 saturated heterocycles. The van der Waals surface area contributed by atoms with Gasteiger partial charge in [0.15, 0.2) is 6.10 Å². The van der Waals surface area contributed by atoms with Gasteiger partial charge in [-0.2, -0.15) is 0 Å². The number of rotatable bonds is 10. The number of amides is 1. The number of benzene rings is 1. The minimum absolute atomic E-state index is 0.115. The third-order valence-corrected chi connectivity index (χ3v) is 5.99. The van der Waals surface area contributed by atoms with Crippen LogP contribution in [0.1, 0.15) is 32.6 Å². The van der Waals surface area contributed by atoms with Crippen molar-refractivity contribution in [2.45, 2.75) is 38.7 Å². The molecule has 1 atom stereocenters. The quantitative estimate of drug-likeness (QED) is 0.610. The number of anilines is 1. The maximum Gasteiger partial charge on any atom is 0.261 e. The molecule has 8 heteroatoms. The van der Waals surface area contributed by atoms with Crippen molar-refractivity contribution in [1.82, 2.24) is 10.2 Å². The van der Waals surface area contributed by atoms with E-state index in [1.807, 2.05) is 6.92 Å². The van der Waals surface area contributed by atoms with E-state index < -0.39 is 16.1 Å². The van der Waals surface area contributed by atoms with E-state index in [1.54, 1.807) is 24.3 Å². The Bertz CT molecular complexity index is 700. The lowest BCUT2D eigenvalue weighted by atomic mass is 10.2. The molecule has 1 aliphatic heterocycles. The van der Waals surface area contributed by atoms with Crippen molar-refractivity contribution < 1.29 is 17.9 Å². The Labute approximate surface area is 162 Å². The van der Waals surface area contributed by atoms with Crippen LogP contribution in [0.2, 0.25) is 0 Å². The number of nitrogens with zero attached hydrogens (tertiary/aromatic N) is 2. The van der Waals surface area contributed by atoms with Gasteiger partial charge < -0.3 is 15.0 Å². The van der Waals surface area contributed by atoms with Crippen LogP contribution in [0, 0.1) is 0 Å². The number of nitrogens with one attached hydrogen (secondary N) is 1. The van der Waals surface area contributed by atoms with Gasteiger partial charge in [0.1, 0.15) is 5.75 Å². The Morgan fingerprint density at radius 1 is 1.26 bits per heavy atom. The topological polar surface area (TPSA) is 78.9 Å². The minimum Gasteiger partial charge on any atom is -0.481 e. The van der Waals surface area contributed by atoms with Gasteiger partial charge in [-0.25, -0.2) is 8.42 Å². The molecule has 0 aromatic heterocycles. The molecule has 0 spiro atoms. The molecular formula is C19H31N3O4S. The van der Waals surface area contributed by atoms with Gasteiger partial charge in [-0.05, 0) is 69.6 Å². The number of carbonyl (C=O) groups excluding carboxylic acids is 1. The molecule has 0 radical (unpaired) electrons. The first-order valence-corrected chi connectivity index (χ1v) is 11.4. The summed E-state index contributed by atoms with van der Waals surface area (Å²) >= 11 is 0. The largest absolute Gasteiger partial charge is 0.481 e. The van der Waals surface area contributed by atoms with Crippen LogP contribution in [-0.2, 0) is 14.8 Å². The molecule has 0 saturated carbocycles. The maximum atomic E-state index is 12.3. The van der Waals surface area contributed by atoms with Crippen LogP contribution in [0.15, 0.2) is 24.3 Å². The van der Waals surface area contributed by atoms with Crippen molar-refractivity contribution in [3.63, 3.8) is 0 Å². The summed E-state index contributed by atoms with van der Waals surface area (Å²) < 4.78 is 30.1. The van der Waals surface area contributed by atoms with Crippen LogP contribution in [0.25, 0.3) is 0 Å². The molecule has 152 valence electrons. The Morgan fingerprint density at radius 2 is 1.89 bits per heavy atom. The van der Waals surface area contributed by atoms with E-state index in [-0.39, 0.29) is 5.91 Å². The zero-order valence-electron chi connectivity index (χ0n) is 16.5. The molecule has 1 amide bonds. The van der Waals surface area contributed by atoms with E-state index >= 15 is 0 Å². The van der Waals surface area contributed by atoms with Crippen molar-refractivity contribution in [3.05, 3.63) is 24.3 Å². The summed E-state index contributed by atoms with van der Waals surface area (Å²) in [5.74, 6) is 0.427. The van der Waals surface area contributed by atoms with Crippen LogP contribution in [-0.4, -0.2) is 64.8 Å². The average Bonchev–Trinajstić information content (AvgIpc) is 3.15. The molecule has 1 aromatic rings. The lowest BCUT2D eigenvalue weighted by Crippen LogP contribution is -2.39. The summed E-state index contributed by atoms with van der Waals surface area (Å²) in [4.78, 5) is 14.8. The summed E-state index contributed by atoms with van der Waals surface area (Å²) in [6, 6.07) is 6.69. The van der Waals surface area contributed by atoms with E-state index in [9.17, 15) is 13.2 Å². The fourth-order valence-electron chi connectivity index (χ4n) is 3.05. The van der Waals surface area contributed by atoms with Gasteiger partial charge in [-0.1, -0.05) is 6.92 Å². The Balaban J connectivity index is 1.81. The summed E-state index contributed by atoms with van der Waals surface area (Å²) in [7, 11) is -1.81. The number of sulfonamides is 1. The monoisotopic (exact) mass is 397 g/mol. The van der Waals surface area contributed by atoms with E-state index in [0.29, 0.717) is 24.4 Å². The molecule has 1 aliphatic rings. The number of carbonyl (C=O) groups is 1. The van der Waals surface area contributed by atoms with Crippen molar-refractivity contribution in [3.8, 4) is 5.75 Å². The predicted molar refractivity (Wildman–Crippen MR) is 108 cm³/mol. The zero-order chi connectivity index (χ0) is 19.9. The van der Waals surface area contributed by atoms with E-state index in [2.05, 4.69) is 10.2 Å². The van der Waals surface area contributed by atoms with Crippen LogP contribution >= 0.6 is 0 Å². The highest BCUT2D eigenvalue weighted by atomic mass is 32.2.